The van der Waals surface area contributed by atoms with E-state index in [2.05, 4.69) is 52.0 Å². The van der Waals surface area contributed by atoms with Crippen molar-refractivity contribution in [2.75, 3.05) is 0 Å². The van der Waals surface area contributed by atoms with Gasteiger partial charge in [0.05, 0.1) is 0 Å². The van der Waals surface area contributed by atoms with E-state index in [-0.39, 0.29) is 0 Å². The molecular formula is C15H19N3S. The molecule has 19 heavy (non-hydrogen) atoms. The molecule has 1 atom stereocenters. The van der Waals surface area contributed by atoms with Gasteiger partial charge in [-0.3, -0.25) is 0 Å². The van der Waals surface area contributed by atoms with Crippen molar-refractivity contribution in [2.45, 2.75) is 49.6 Å². The van der Waals surface area contributed by atoms with Crippen molar-refractivity contribution < 1.29 is 0 Å². The summed E-state index contributed by atoms with van der Waals surface area (Å²) >= 11 is 1.82. The van der Waals surface area contributed by atoms with Crippen LogP contribution in [-0.2, 0) is 13.0 Å². The fraction of sp³-hybridized carbons (Fsp3) is 0.467. The second-order valence-electron chi connectivity index (χ2n) is 5.03. The zero-order valence-electron chi connectivity index (χ0n) is 11.2. The lowest BCUT2D eigenvalue weighted by molar-refractivity contribution is 0.590. The van der Waals surface area contributed by atoms with Gasteiger partial charge in [0.2, 0.25) is 0 Å². The van der Waals surface area contributed by atoms with E-state index >= 15 is 0 Å². The van der Waals surface area contributed by atoms with Gasteiger partial charge < -0.3 is 4.57 Å². The third kappa shape index (κ3) is 2.84. The second kappa shape index (κ2) is 5.78. The van der Waals surface area contributed by atoms with Crippen LogP contribution < -0.4 is 0 Å². The lowest BCUT2D eigenvalue weighted by atomic mass is 10.2. The fourth-order valence-electron chi connectivity index (χ4n) is 2.50. The molecule has 0 aliphatic carbocycles. The highest BCUT2D eigenvalue weighted by atomic mass is 32.2. The van der Waals surface area contributed by atoms with E-state index < -0.39 is 0 Å². The summed E-state index contributed by atoms with van der Waals surface area (Å²) in [6.45, 7) is 3.31. The van der Waals surface area contributed by atoms with Crippen LogP contribution in [0.25, 0.3) is 0 Å². The smallest absolute Gasteiger partial charge is 0.191 e. The highest BCUT2D eigenvalue weighted by Crippen LogP contribution is 2.34. The SMILES string of the molecule is CC(Sc1nnc2n1CCCCC2)c1ccccc1. The van der Waals surface area contributed by atoms with Crippen molar-refractivity contribution in [1.82, 2.24) is 14.8 Å². The van der Waals surface area contributed by atoms with Crippen LogP contribution in [0.4, 0.5) is 0 Å². The number of rotatable bonds is 3. The molecule has 1 aliphatic rings. The van der Waals surface area contributed by atoms with Crippen molar-refractivity contribution >= 4 is 11.8 Å². The first-order valence-electron chi connectivity index (χ1n) is 6.98. The molecule has 1 unspecified atom stereocenters. The van der Waals surface area contributed by atoms with E-state index in [9.17, 15) is 0 Å². The molecule has 0 bridgehead atoms. The molecule has 0 amide bonds. The number of fused-ring (bicyclic) bond motifs is 1. The number of aromatic nitrogens is 3. The number of nitrogens with zero attached hydrogens (tertiary/aromatic N) is 3. The Balaban J connectivity index is 1.78. The van der Waals surface area contributed by atoms with Gasteiger partial charge in [0, 0.05) is 18.2 Å². The molecule has 1 aromatic heterocycles. The minimum Gasteiger partial charge on any atom is -0.306 e. The van der Waals surface area contributed by atoms with Crippen LogP contribution in [0.3, 0.4) is 0 Å². The average Bonchev–Trinajstić information content (AvgIpc) is 2.68. The maximum Gasteiger partial charge on any atom is 0.191 e. The molecule has 4 heteroatoms. The largest absolute Gasteiger partial charge is 0.306 e. The van der Waals surface area contributed by atoms with E-state index in [4.69, 9.17) is 0 Å². The van der Waals surface area contributed by atoms with Crippen LogP contribution in [0.5, 0.6) is 0 Å². The minimum absolute atomic E-state index is 0.415. The Morgan fingerprint density at radius 1 is 1.11 bits per heavy atom. The Kier molecular flexibility index (Phi) is 3.87. The Hall–Kier alpha value is -1.29. The quantitative estimate of drug-likeness (QED) is 0.796. The Morgan fingerprint density at radius 2 is 1.95 bits per heavy atom. The van der Waals surface area contributed by atoms with Crippen molar-refractivity contribution in [3.05, 3.63) is 41.7 Å². The Labute approximate surface area is 118 Å². The molecule has 0 saturated carbocycles. The third-order valence-corrected chi connectivity index (χ3v) is 4.77. The van der Waals surface area contributed by atoms with Gasteiger partial charge in [0.15, 0.2) is 5.16 Å². The van der Waals surface area contributed by atoms with Crippen LogP contribution >= 0.6 is 11.8 Å². The maximum atomic E-state index is 4.38. The summed E-state index contributed by atoms with van der Waals surface area (Å²) in [5.41, 5.74) is 1.35. The topological polar surface area (TPSA) is 30.7 Å². The number of hydrogen-bond acceptors (Lipinski definition) is 3. The van der Waals surface area contributed by atoms with Gasteiger partial charge in [-0.2, -0.15) is 0 Å². The summed E-state index contributed by atoms with van der Waals surface area (Å²) in [7, 11) is 0. The minimum atomic E-state index is 0.415. The molecule has 0 saturated heterocycles. The average molecular weight is 273 g/mol. The van der Waals surface area contributed by atoms with Gasteiger partial charge in [0.25, 0.3) is 0 Å². The molecule has 0 fully saturated rings. The van der Waals surface area contributed by atoms with Gasteiger partial charge in [-0.1, -0.05) is 48.5 Å². The summed E-state index contributed by atoms with van der Waals surface area (Å²) in [4.78, 5) is 0. The molecule has 0 N–H and O–H groups in total. The molecule has 2 heterocycles. The Bertz CT molecular complexity index is 536. The first-order valence-corrected chi connectivity index (χ1v) is 7.86. The molecular weight excluding hydrogens is 254 g/mol. The highest BCUT2D eigenvalue weighted by molar-refractivity contribution is 7.99. The van der Waals surface area contributed by atoms with E-state index in [1.807, 2.05) is 11.8 Å². The van der Waals surface area contributed by atoms with Crippen molar-refractivity contribution in [3.8, 4) is 0 Å². The van der Waals surface area contributed by atoms with E-state index in [0.29, 0.717) is 5.25 Å². The van der Waals surface area contributed by atoms with Gasteiger partial charge >= 0.3 is 0 Å². The predicted octanol–water partition coefficient (Wildman–Crippen LogP) is 3.86. The zero-order chi connectivity index (χ0) is 13.1. The second-order valence-corrected chi connectivity index (χ2v) is 6.34. The number of benzene rings is 1. The van der Waals surface area contributed by atoms with E-state index in [0.717, 1.165) is 18.1 Å². The third-order valence-electron chi connectivity index (χ3n) is 3.63. The number of aryl methyl sites for hydroxylation is 1. The number of thioether (sulfide) groups is 1. The molecule has 1 aromatic carbocycles. The van der Waals surface area contributed by atoms with E-state index in [1.54, 1.807) is 0 Å². The van der Waals surface area contributed by atoms with Gasteiger partial charge in [-0.25, -0.2) is 0 Å². The lowest BCUT2D eigenvalue weighted by Crippen LogP contribution is -2.03. The highest BCUT2D eigenvalue weighted by Gasteiger charge is 2.17. The first-order chi connectivity index (χ1) is 9.34. The summed E-state index contributed by atoms with van der Waals surface area (Å²) in [5.74, 6) is 1.17. The molecule has 3 rings (SSSR count). The normalized spacial score (nSPS) is 16.7. The predicted molar refractivity (Wildman–Crippen MR) is 78.3 cm³/mol. The fourth-order valence-corrected chi connectivity index (χ4v) is 3.52. The van der Waals surface area contributed by atoms with E-state index in [1.165, 1.54) is 30.7 Å². The molecule has 0 radical (unpaired) electrons. The summed E-state index contributed by atoms with van der Waals surface area (Å²) in [6, 6.07) is 10.6. The molecule has 2 aromatic rings. The van der Waals surface area contributed by atoms with Crippen molar-refractivity contribution in [2.24, 2.45) is 0 Å². The zero-order valence-corrected chi connectivity index (χ0v) is 12.1. The molecule has 1 aliphatic heterocycles. The van der Waals surface area contributed by atoms with Crippen LogP contribution in [0.2, 0.25) is 0 Å². The maximum absolute atomic E-state index is 4.38. The van der Waals surface area contributed by atoms with Crippen LogP contribution in [0.1, 0.15) is 42.8 Å². The van der Waals surface area contributed by atoms with Gasteiger partial charge in [-0.05, 0) is 25.3 Å². The Morgan fingerprint density at radius 3 is 2.79 bits per heavy atom. The number of hydrogen-bond donors (Lipinski definition) is 0. The molecule has 0 spiro atoms. The van der Waals surface area contributed by atoms with Crippen LogP contribution in [-0.4, -0.2) is 14.8 Å². The molecule has 3 nitrogen and oxygen atoms in total. The van der Waals surface area contributed by atoms with Crippen LogP contribution in [0.15, 0.2) is 35.5 Å². The summed E-state index contributed by atoms with van der Waals surface area (Å²) in [5, 5.41) is 10.2. The summed E-state index contributed by atoms with van der Waals surface area (Å²) in [6.07, 6.45) is 4.88. The van der Waals surface area contributed by atoms with Gasteiger partial charge in [0.1, 0.15) is 5.82 Å². The van der Waals surface area contributed by atoms with Crippen molar-refractivity contribution in [3.63, 3.8) is 0 Å². The lowest BCUT2D eigenvalue weighted by Gasteiger charge is -2.12. The monoisotopic (exact) mass is 273 g/mol. The first kappa shape index (κ1) is 12.7. The van der Waals surface area contributed by atoms with Gasteiger partial charge in [-0.15, -0.1) is 10.2 Å². The van der Waals surface area contributed by atoms with Crippen LogP contribution in [0, 0.1) is 0 Å². The van der Waals surface area contributed by atoms with Crippen molar-refractivity contribution in [1.29, 1.82) is 0 Å². The standard InChI is InChI=1S/C15H19N3S/c1-12(13-8-4-2-5-9-13)19-15-17-16-14-10-6-3-7-11-18(14)15/h2,4-5,8-9,12H,3,6-7,10-11H2,1H3. The summed E-state index contributed by atoms with van der Waals surface area (Å²) < 4.78 is 2.32. The molecule has 100 valence electrons.